The number of hydrogen-bond acceptors (Lipinski definition) is 3. The summed E-state index contributed by atoms with van der Waals surface area (Å²) in [5.74, 6) is 0.290. The van der Waals surface area contributed by atoms with E-state index in [2.05, 4.69) is 5.32 Å². The summed E-state index contributed by atoms with van der Waals surface area (Å²) in [6.45, 7) is 6.33. The maximum absolute atomic E-state index is 13.2. The normalized spacial score (nSPS) is 17.4. The van der Waals surface area contributed by atoms with Gasteiger partial charge in [-0.15, -0.1) is 0 Å². The minimum Gasteiger partial charge on any atom is -0.480 e. The molecule has 2 aromatic carbocycles. The van der Waals surface area contributed by atoms with Gasteiger partial charge in [-0.25, -0.2) is 4.39 Å². The Hall–Kier alpha value is -2.92. The Balaban J connectivity index is 1.61. The summed E-state index contributed by atoms with van der Waals surface area (Å²) in [5.41, 5.74) is 2.69. The molecule has 146 valence electrons. The van der Waals surface area contributed by atoms with E-state index in [-0.39, 0.29) is 11.7 Å². The Labute approximate surface area is 164 Å². The Bertz CT molecular complexity index is 931. The van der Waals surface area contributed by atoms with Gasteiger partial charge in [0, 0.05) is 17.3 Å². The van der Waals surface area contributed by atoms with Crippen LogP contribution in [0.15, 0.2) is 60.2 Å². The fourth-order valence-corrected chi connectivity index (χ4v) is 2.92. The molecule has 1 amide bonds. The lowest BCUT2D eigenvalue weighted by Gasteiger charge is -2.31. The van der Waals surface area contributed by atoms with Crippen LogP contribution in [0.4, 0.5) is 10.1 Å². The van der Waals surface area contributed by atoms with Crippen LogP contribution in [0.3, 0.4) is 0 Å². The van der Waals surface area contributed by atoms with Crippen LogP contribution in [-0.2, 0) is 16.1 Å². The molecule has 0 saturated carbocycles. The van der Waals surface area contributed by atoms with Crippen LogP contribution in [-0.4, -0.2) is 18.1 Å². The number of amides is 1. The van der Waals surface area contributed by atoms with Crippen LogP contribution < -0.4 is 10.1 Å². The summed E-state index contributed by atoms with van der Waals surface area (Å²) in [4.78, 5) is 11.9. The number of anilines is 1. The monoisotopic (exact) mass is 381 g/mol. The molecule has 2 aromatic rings. The van der Waals surface area contributed by atoms with Gasteiger partial charge in [-0.3, -0.25) is 4.79 Å². The summed E-state index contributed by atoms with van der Waals surface area (Å²) in [6.07, 6.45) is 5.45. The van der Waals surface area contributed by atoms with Gasteiger partial charge in [0.1, 0.15) is 17.2 Å². The molecule has 1 heterocycles. The van der Waals surface area contributed by atoms with E-state index in [4.69, 9.17) is 9.47 Å². The number of carbonyl (C=O) groups is 1. The van der Waals surface area contributed by atoms with Crippen LogP contribution in [0.25, 0.3) is 6.08 Å². The summed E-state index contributed by atoms with van der Waals surface area (Å²) in [7, 11) is 0. The van der Waals surface area contributed by atoms with Gasteiger partial charge >= 0.3 is 0 Å². The minimum atomic E-state index is -0.618. The fourth-order valence-electron chi connectivity index (χ4n) is 2.92. The van der Waals surface area contributed by atoms with Crippen molar-refractivity contribution in [2.45, 2.75) is 33.0 Å². The number of carbonyl (C=O) groups excluding carboxylic acids is 1. The Morgan fingerprint density at radius 2 is 2.07 bits per heavy atom. The molecule has 0 aliphatic carbocycles. The van der Waals surface area contributed by atoms with Gasteiger partial charge in [-0.05, 0) is 62.7 Å². The van der Waals surface area contributed by atoms with Crippen molar-refractivity contribution in [1.29, 1.82) is 0 Å². The third kappa shape index (κ3) is 5.30. The average Bonchev–Trinajstić information content (AvgIpc) is 2.61. The van der Waals surface area contributed by atoms with Gasteiger partial charge in [0.2, 0.25) is 5.91 Å². The number of hydrogen-bond donors (Lipinski definition) is 1. The van der Waals surface area contributed by atoms with E-state index in [1.807, 2.05) is 57.2 Å². The Morgan fingerprint density at radius 1 is 1.25 bits per heavy atom. The van der Waals surface area contributed by atoms with E-state index in [0.717, 1.165) is 22.4 Å². The highest BCUT2D eigenvalue weighted by molar-refractivity contribution is 5.99. The summed E-state index contributed by atoms with van der Waals surface area (Å²) < 4.78 is 25.1. The first-order valence-electron chi connectivity index (χ1n) is 9.13. The zero-order valence-corrected chi connectivity index (χ0v) is 16.3. The predicted octanol–water partition coefficient (Wildman–Crippen LogP) is 5.11. The third-order valence-corrected chi connectivity index (χ3v) is 4.20. The fraction of sp³-hybridized carbons (Fsp3) is 0.261. The zero-order chi connectivity index (χ0) is 20.1. The lowest BCUT2D eigenvalue weighted by atomic mass is 10.0. The standard InChI is InChI=1S/C23H24FNO3/c1-16(2)11-22(26)25-20-7-8-21-18(13-20)9-10-23(3,28-21)15-27-14-17-5-4-6-19(24)12-17/h4-13H,14-15H2,1-3H3,(H,25,26). The van der Waals surface area contributed by atoms with Gasteiger partial charge in [0.15, 0.2) is 0 Å². The Morgan fingerprint density at radius 3 is 2.82 bits per heavy atom. The second kappa shape index (κ2) is 8.40. The second-order valence-corrected chi connectivity index (χ2v) is 7.33. The highest BCUT2D eigenvalue weighted by Gasteiger charge is 2.28. The Kier molecular flexibility index (Phi) is 5.95. The van der Waals surface area contributed by atoms with Crippen LogP contribution in [0.5, 0.6) is 5.75 Å². The van der Waals surface area contributed by atoms with E-state index in [1.54, 1.807) is 12.1 Å². The maximum Gasteiger partial charge on any atom is 0.248 e. The van der Waals surface area contributed by atoms with E-state index in [0.29, 0.717) is 18.9 Å². The number of nitrogens with one attached hydrogen (secondary N) is 1. The van der Waals surface area contributed by atoms with Crippen LogP contribution in [0.1, 0.15) is 31.9 Å². The van der Waals surface area contributed by atoms with E-state index in [9.17, 15) is 9.18 Å². The molecule has 1 atom stereocenters. The predicted molar refractivity (Wildman–Crippen MR) is 109 cm³/mol. The number of rotatable bonds is 6. The second-order valence-electron chi connectivity index (χ2n) is 7.33. The van der Waals surface area contributed by atoms with Crippen molar-refractivity contribution in [2.75, 3.05) is 11.9 Å². The van der Waals surface area contributed by atoms with Crippen molar-refractivity contribution in [3.05, 3.63) is 77.1 Å². The summed E-state index contributed by atoms with van der Waals surface area (Å²) in [6, 6.07) is 11.9. The highest BCUT2D eigenvalue weighted by Crippen LogP contribution is 2.33. The number of ether oxygens (including phenoxy) is 2. The molecule has 0 bridgehead atoms. The van der Waals surface area contributed by atoms with Crippen LogP contribution >= 0.6 is 0 Å². The van der Waals surface area contributed by atoms with Crippen molar-refractivity contribution in [3.8, 4) is 5.75 Å². The van der Waals surface area contributed by atoms with E-state index >= 15 is 0 Å². The summed E-state index contributed by atoms with van der Waals surface area (Å²) in [5, 5.41) is 2.84. The number of allylic oxidation sites excluding steroid dienone is 1. The zero-order valence-electron chi connectivity index (χ0n) is 16.3. The maximum atomic E-state index is 13.2. The molecule has 1 unspecified atom stereocenters. The molecule has 0 radical (unpaired) electrons. The molecular formula is C23H24FNO3. The van der Waals surface area contributed by atoms with E-state index < -0.39 is 5.60 Å². The molecule has 4 nitrogen and oxygen atoms in total. The third-order valence-electron chi connectivity index (χ3n) is 4.20. The molecule has 0 aromatic heterocycles. The molecule has 1 aliphatic heterocycles. The van der Waals surface area contributed by atoms with E-state index in [1.165, 1.54) is 12.1 Å². The largest absolute Gasteiger partial charge is 0.480 e. The number of benzene rings is 2. The van der Waals surface area contributed by atoms with Crippen molar-refractivity contribution in [3.63, 3.8) is 0 Å². The molecule has 0 saturated heterocycles. The molecule has 3 rings (SSSR count). The summed E-state index contributed by atoms with van der Waals surface area (Å²) >= 11 is 0. The van der Waals surface area contributed by atoms with Crippen molar-refractivity contribution >= 4 is 17.7 Å². The molecule has 1 N–H and O–H groups in total. The van der Waals surface area contributed by atoms with Crippen molar-refractivity contribution in [2.24, 2.45) is 0 Å². The molecule has 1 aliphatic rings. The quantitative estimate of drug-likeness (QED) is 0.707. The first kappa shape index (κ1) is 19.8. The first-order chi connectivity index (χ1) is 13.3. The van der Waals surface area contributed by atoms with Crippen LogP contribution in [0, 0.1) is 5.82 Å². The lowest BCUT2D eigenvalue weighted by molar-refractivity contribution is -0.111. The average molecular weight is 381 g/mol. The van der Waals surface area contributed by atoms with Crippen LogP contribution in [0.2, 0.25) is 0 Å². The highest BCUT2D eigenvalue weighted by atomic mass is 19.1. The number of fused-ring (bicyclic) bond motifs is 1. The van der Waals surface area contributed by atoms with Gasteiger partial charge in [0.05, 0.1) is 13.2 Å². The molecule has 0 fully saturated rings. The molecule has 0 spiro atoms. The minimum absolute atomic E-state index is 0.156. The smallest absolute Gasteiger partial charge is 0.248 e. The first-order valence-corrected chi connectivity index (χ1v) is 9.13. The van der Waals surface area contributed by atoms with Gasteiger partial charge in [0.25, 0.3) is 0 Å². The van der Waals surface area contributed by atoms with Gasteiger partial charge < -0.3 is 14.8 Å². The molecular weight excluding hydrogens is 357 g/mol. The lowest BCUT2D eigenvalue weighted by Crippen LogP contribution is -2.37. The molecule has 5 heteroatoms. The van der Waals surface area contributed by atoms with Crippen molar-refractivity contribution < 1.29 is 18.7 Å². The van der Waals surface area contributed by atoms with Crippen molar-refractivity contribution in [1.82, 2.24) is 0 Å². The van der Waals surface area contributed by atoms with Gasteiger partial charge in [-0.1, -0.05) is 23.8 Å². The number of halogens is 1. The topological polar surface area (TPSA) is 47.6 Å². The van der Waals surface area contributed by atoms with Gasteiger partial charge in [-0.2, -0.15) is 0 Å². The molecule has 28 heavy (non-hydrogen) atoms. The SMILES string of the molecule is CC(C)=CC(=O)Nc1ccc2c(c1)C=CC(C)(COCc1cccc(F)c1)O2.